The summed E-state index contributed by atoms with van der Waals surface area (Å²) in [7, 11) is 0. The zero-order valence-electron chi connectivity index (χ0n) is 21.9. The van der Waals surface area contributed by atoms with Gasteiger partial charge < -0.3 is 69.7 Å². The van der Waals surface area contributed by atoms with Gasteiger partial charge in [-0.1, -0.05) is 0 Å². The maximum atomic E-state index is 12.8. The molecule has 15 heteroatoms. The number of hydrogen-bond donors (Lipinski definition) is 10. The van der Waals surface area contributed by atoms with Crippen LogP contribution < -0.4 is 5.43 Å². The van der Waals surface area contributed by atoms with Crippen LogP contribution in [0.2, 0.25) is 0 Å². The summed E-state index contributed by atoms with van der Waals surface area (Å²) in [6.45, 7) is 0.604. The summed E-state index contributed by atoms with van der Waals surface area (Å²) in [5, 5.41) is 103. The lowest BCUT2D eigenvalue weighted by molar-refractivity contribution is -0.338. The van der Waals surface area contributed by atoms with E-state index in [1.54, 1.807) is 0 Å². The molecule has 0 radical (unpaired) electrons. The first-order valence-corrected chi connectivity index (χ1v) is 12.9. The van der Waals surface area contributed by atoms with Crippen LogP contribution in [0.15, 0.2) is 39.5 Å². The molecule has 0 unspecified atom stereocenters. The summed E-state index contributed by atoms with van der Waals surface area (Å²) in [5.74, 6) is -2.62. The SMILES string of the molecule is C[C@@H]1O[C@@H](O[C@@H]2[C@@H](O)[C@H](O)[C@@H](CO)O[C@H]2c2cc(-c3cc(=O)c4c(O)cc(O)cc4o3)cc(O)c2O)[C@H](O)[C@H](O)[C@H]1O. The summed E-state index contributed by atoms with van der Waals surface area (Å²) < 4.78 is 22.6. The van der Waals surface area contributed by atoms with Crippen molar-refractivity contribution in [3.05, 3.63) is 46.1 Å². The molecule has 3 heterocycles. The van der Waals surface area contributed by atoms with Crippen LogP contribution in [-0.4, -0.2) is 113 Å². The molecule has 10 N–H and O–H groups in total. The number of rotatable bonds is 5. The van der Waals surface area contributed by atoms with E-state index in [0.717, 1.165) is 24.3 Å². The van der Waals surface area contributed by atoms with Crippen LogP contribution in [0.3, 0.4) is 0 Å². The first-order chi connectivity index (χ1) is 19.8. The number of benzene rings is 2. The monoisotopic (exact) mass is 594 g/mol. The molecule has 2 aliphatic heterocycles. The molecule has 0 aliphatic carbocycles. The minimum Gasteiger partial charge on any atom is -0.508 e. The van der Waals surface area contributed by atoms with Crippen LogP contribution in [-0.2, 0) is 14.2 Å². The van der Waals surface area contributed by atoms with Gasteiger partial charge in [0.05, 0.1) is 12.7 Å². The molecule has 2 aliphatic rings. The second-order valence-corrected chi connectivity index (χ2v) is 10.3. The molecule has 0 spiro atoms. The molecule has 2 aromatic carbocycles. The highest BCUT2D eigenvalue weighted by molar-refractivity contribution is 5.86. The van der Waals surface area contributed by atoms with Crippen molar-refractivity contribution in [2.75, 3.05) is 6.61 Å². The minimum absolute atomic E-state index is 0.0215. The Balaban J connectivity index is 1.59. The van der Waals surface area contributed by atoms with Crippen molar-refractivity contribution in [1.82, 2.24) is 0 Å². The molecule has 228 valence electrons. The number of phenols is 4. The zero-order chi connectivity index (χ0) is 30.6. The van der Waals surface area contributed by atoms with E-state index in [1.165, 1.54) is 13.0 Å². The standard InChI is InChI=1S/C27H30O15/c1-8-19(33)22(36)24(38)27(39-8)42-26-23(37)21(35)17(7-28)41-25(26)11-2-9(3-14(32)20(11)34)15-6-13(31)18-12(30)4-10(29)5-16(18)40-15/h2-6,8,17,19,21-30,32-38H,7H2,1H3/t8-,17+,19-,21+,22+,23-,24+,25-,26+,27-/m0/s1. The smallest absolute Gasteiger partial charge is 0.197 e. The fourth-order valence-electron chi connectivity index (χ4n) is 5.17. The van der Waals surface area contributed by atoms with Gasteiger partial charge in [0.15, 0.2) is 23.2 Å². The van der Waals surface area contributed by atoms with Crippen molar-refractivity contribution in [1.29, 1.82) is 0 Å². The van der Waals surface area contributed by atoms with Crippen LogP contribution in [0.25, 0.3) is 22.3 Å². The van der Waals surface area contributed by atoms with Gasteiger partial charge >= 0.3 is 0 Å². The van der Waals surface area contributed by atoms with Gasteiger partial charge in [-0.05, 0) is 19.1 Å². The van der Waals surface area contributed by atoms with Gasteiger partial charge in [-0.15, -0.1) is 0 Å². The third-order valence-corrected chi connectivity index (χ3v) is 7.47. The van der Waals surface area contributed by atoms with Crippen molar-refractivity contribution >= 4 is 11.0 Å². The Hall–Kier alpha value is -3.51. The number of phenolic OH excluding ortho intramolecular Hbond substituents is 4. The molecule has 0 saturated carbocycles. The van der Waals surface area contributed by atoms with Gasteiger partial charge in [-0.25, -0.2) is 0 Å². The molecule has 2 fully saturated rings. The van der Waals surface area contributed by atoms with E-state index in [2.05, 4.69) is 0 Å². The Morgan fingerprint density at radius 1 is 0.810 bits per heavy atom. The second kappa shape index (κ2) is 11.3. The quantitative estimate of drug-likeness (QED) is 0.153. The van der Waals surface area contributed by atoms with Gasteiger partial charge in [-0.3, -0.25) is 4.79 Å². The number of aliphatic hydroxyl groups excluding tert-OH is 6. The van der Waals surface area contributed by atoms with E-state index in [9.17, 15) is 55.9 Å². The predicted molar refractivity (Wildman–Crippen MR) is 139 cm³/mol. The van der Waals surface area contributed by atoms with E-state index in [1.807, 2.05) is 0 Å². The van der Waals surface area contributed by atoms with Gasteiger partial charge in [0, 0.05) is 29.3 Å². The molecule has 2 saturated heterocycles. The van der Waals surface area contributed by atoms with E-state index in [0.29, 0.717) is 0 Å². The summed E-state index contributed by atoms with van der Waals surface area (Å²) in [6, 6.07) is 5.25. The van der Waals surface area contributed by atoms with Crippen molar-refractivity contribution in [3.63, 3.8) is 0 Å². The fourth-order valence-corrected chi connectivity index (χ4v) is 5.17. The van der Waals surface area contributed by atoms with Gasteiger partial charge in [0.1, 0.15) is 77.1 Å². The van der Waals surface area contributed by atoms with E-state index in [-0.39, 0.29) is 27.9 Å². The largest absolute Gasteiger partial charge is 0.508 e. The lowest BCUT2D eigenvalue weighted by atomic mass is 9.89. The van der Waals surface area contributed by atoms with Crippen molar-refractivity contribution in [2.24, 2.45) is 0 Å². The predicted octanol–water partition coefficient (Wildman–Crippen LogP) is -1.35. The van der Waals surface area contributed by atoms with E-state index in [4.69, 9.17) is 18.6 Å². The topological polar surface area (TPSA) is 260 Å². The molecule has 0 amide bonds. The Morgan fingerprint density at radius 2 is 1.52 bits per heavy atom. The maximum absolute atomic E-state index is 12.8. The van der Waals surface area contributed by atoms with Crippen LogP contribution in [0.4, 0.5) is 0 Å². The molecule has 42 heavy (non-hydrogen) atoms. The molecular weight excluding hydrogens is 564 g/mol. The van der Waals surface area contributed by atoms with Crippen LogP contribution in [0, 0.1) is 0 Å². The van der Waals surface area contributed by atoms with Crippen LogP contribution in [0.1, 0.15) is 18.6 Å². The zero-order valence-corrected chi connectivity index (χ0v) is 21.9. The Kier molecular flexibility index (Phi) is 8.06. The van der Waals surface area contributed by atoms with Crippen LogP contribution in [0.5, 0.6) is 23.0 Å². The van der Waals surface area contributed by atoms with Gasteiger partial charge in [0.2, 0.25) is 0 Å². The van der Waals surface area contributed by atoms with Gasteiger partial charge in [-0.2, -0.15) is 0 Å². The molecule has 0 bridgehead atoms. The molecule has 5 rings (SSSR count). The summed E-state index contributed by atoms with van der Waals surface area (Å²) in [6.07, 6.45) is -15.9. The third-order valence-electron chi connectivity index (χ3n) is 7.47. The highest BCUT2D eigenvalue weighted by Gasteiger charge is 2.51. The Labute approximate surface area is 236 Å². The Bertz CT molecular complexity index is 1520. The van der Waals surface area contributed by atoms with Crippen molar-refractivity contribution < 1.29 is 69.7 Å². The first kappa shape index (κ1) is 30.0. The average molecular weight is 595 g/mol. The van der Waals surface area contributed by atoms with E-state index < -0.39 is 96.3 Å². The highest BCUT2D eigenvalue weighted by Crippen LogP contribution is 2.45. The summed E-state index contributed by atoms with van der Waals surface area (Å²) in [5.41, 5.74) is -1.20. The highest BCUT2D eigenvalue weighted by atomic mass is 16.7. The fraction of sp³-hybridized carbons (Fsp3) is 0.444. The summed E-state index contributed by atoms with van der Waals surface area (Å²) in [4.78, 5) is 12.8. The van der Waals surface area contributed by atoms with Crippen molar-refractivity contribution in [2.45, 2.75) is 68.1 Å². The Morgan fingerprint density at radius 3 is 2.21 bits per heavy atom. The normalized spacial score (nSPS) is 33.6. The van der Waals surface area contributed by atoms with Crippen molar-refractivity contribution in [3.8, 4) is 34.3 Å². The lowest BCUT2D eigenvalue weighted by Gasteiger charge is -2.46. The molecule has 15 nitrogen and oxygen atoms in total. The maximum Gasteiger partial charge on any atom is 0.197 e. The third kappa shape index (κ3) is 5.15. The number of ether oxygens (including phenoxy) is 3. The average Bonchev–Trinajstić information content (AvgIpc) is 2.94. The lowest BCUT2D eigenvalue weighted by Crippen LogP contribution is -2.61. The molecule has 3 aromatic rings. The second-order valence-electron chi connectivity index (χ2n) is 10.3. The molecular formula is C27H30O15. The van der Waals surface area contributed by atoms with Gasteiger partial charge in [0.25, 0.3) is 0 Å². The summed E-state index contributed by atoms with van der Waals surface area (Å²) >= 11 is 0. The number of aromatic hydroxyl groups is 4. The van der Waals surface area contributed by atoms with E-state index >= 15 is 0 Å². The van der Waals surface area contributed by atoms with Crippen LogP contribution >= 0.6 is 0 Å². The first-order valence-electron chi connectivity index (χ1n) is 12.9. The minimum atomic E-state index is -1.84. The number of aliphatic hydroxyl groups is 6. The number of hydrogen-bond acceptors (Lipinski definition) is 15. The molecule has 1 aromatic heterocycles. The number of fused-ring (bicyclic) bond motifs is 1. The molecule has 10 atom stereocenters.